The molecule has 0 saturated carbocycles. The molecule has 1 aliphatic rings. The molecule has 0 fully saturated rings. The molecule has 4 rings (SSSR count). The van der Waals surface area contributed by atoms with E-state index < -0.39 is 24.0 Å². The van der Waals surface area contributed by atoms with Crippen molar-refractivity contribution in [1.29, 1.82) is 0 Å². The number of hydrogen-bond acceptors (Lipinski definition) is 10. The number of fused-ring (bicyclic) bond motifs is 6. The smallest absolute Gasteiger partial charge is 0.391 e. The first-order chi connectivity index (χ1) is 13.5. The molecule has 10 heteroatoms. The minimum Gasteiger partial charge on any atom is -0.391 e. The second-order valence-corrected chi connectivity index (χ2v) is 5.36. The topological polar surface area (TPSA) is 135 Å². The van der Waals surface area contributed by atoms with Crippen LogP contribution in [0.5, 0.6) is 11.5 Å². The molecule has 10 nitrogen and oxygen atoms in total. The van der Waals surface area contributed by atoms with Gasteiger partial charge < -0.3 is 27.5 Å². The average Bonchev–Trinajstić information content (AvgIpc) is 2.62. The van der Waals surface area contributed by atoms with Crippen molar-refractivity contribution in [3.63, 3.8) is 0 Å². The van der Waals surface area contributed by atoms with E-state index in [-0.39, 0.29) is 22.7 Å². The average molecular weight is 384 g/mol. The first-order valence-corrected chi connectivity index (χ1v) is 7.65. The zero-order chi connectivity index (χ0) is 19.7. The minimum atomic E-state index is -1.44. The Morgan fingerprint density at radius 3 is 1.39 bits per heavy atom. The maximum atomic E-state index is 11.9. The summed E-state index contributed by atoms with van der Waals surface area (Å²) in [4.78, 5) is 47.4. The third-order valence-electron chi connectivity index (χ3n) is 3.51. The molecule has 28 heavy (non-hydrogen) atoms. The lowest BCUT2D eigenvalue weighted by atomic mass is 10.2. The maximum Gasteiger partial charge on any atom is 0.524 e. The Morgan fingerprint density at radius 2 is 0.929 bits per heavy atom. The largest absolute Gasteiger partial charge is 0.524 e. The molecule has 2 heterocycles. The maximum absolute atomic E-state index is 11.9. The molecule has 1 aromatic heterocycles. The highest BCUT2D eigenvalue weighted by Crippen LogP contribution is 2.24. The molecule has 0 amide bonds. The van der Waals surface area contributed by atoms with Crippen LogP contribution in [0.2, 0.25) is 0 Å². The Morgan fingerprint density at radius 1 is 0.500 bits per heavy atom. The van der Waals surface area contributed by atoms with Crippen LogP contribution in [0.4, 0.5) is 9.59 Å². The number of hydrogen-bond donors (Lipinski definition) is 0. The van der Waals surface area contributed by atoms with Crippen LogP contribution in [0.3, 0.4) is 0 Å². The Balaban J connectivity index is 2.21. The summed E-state index contributed by atoms with van der Waals surface area (Å²) in [6.07, 6.45) is -2.87. The van der Waals surface area contributed by atoms with Crippen molar-refractivity contribution < 1.29 is 37.1 Å². The molecule has 0 aliphatic carbocycles. The van der Waals surface area contributed by atoms with Crippen LogP contribution in [0.25, 0.3) is 21.9 Å². The van der Waals surface area contributed by atoms with Gasteiger partial charge in [0.2, 0.25) is 0 Å². The Hall–Kier alpha value is -4.34. The minimum absolute atomic E-state index is 0.269. The van der Waals surface area contributed by atoms with Gasteiger partial charge in [0.15, 0.2) is 22.7 Å². The van der Waals surface area contributed by atoms with Gasteiger partial charge in [-0.3, -0.25) is 0 Å². The number of carbonyl (C=O) groups is 2. The lowest BCUT2D eigenvalue weighted by Gasteiger charge is -2.06. The molecule has 0 saturated heterocycles. The van der Waals surface area contributed by atoms with Gasteiger partial charge in [-0.1, -0.05) is 24.3 Å². The van der Waals surface area contributed by atoms with Gasteiger partial charge in [0.05, 0.1) is 0 Å². The van der Waals surface area contributed by atoms with Gasteiger partial charge >= 0.3 is 24.0 Å². The summed E-state index contributed by atoms with van der Waals surface area (Å²) < 4.78 is 28.3. The Bertz CT molecular complexity index is 1220. The predicted octanol–water partition coefficient (Wildman–Crippen LogP) is 3.21. The number of ether oxygens (including phenoxy) is 3. The molecule has 140 valence electrons. The first kappa shape index (κ1) is 17.1. The molecule has 0 spiro atoms. The Kier molecular flexibility index (Phi) is 4.13. The van der Waals surface area contributed by atoms with Crippen LogP contribution in [0, 0.1) is 0 Å². The van der Waals surface area contributed by atoms with Crippen LogP contribution >= 0.6 is 0 Å². The highest BCUT2D eigenvalue weighted by Gasteiger charge is 2.18. The van der Waals surface area contributed by atoms with Crippen molar-refractivity contribution in [3.8, 4) is 11.5 Å². The summed E-state index contributed by atoms with van der Waals surface area (Å²) in [5, 5.41) is 1.12. The van der Waals surface area contributed by atoms with E-state index in [0.29, 0.717) is 10.8 Å². The van der Waals surface area contributed by atoms with E-state index >= 15 is 0 Å². The summed E-state index contributed by atoms with van der Waals surface area (Å²) in [7, 11) is 0. The van der Waals surface area contributed by atoms with E-state index in [1.54, 1.807) is 24.3 Å². The van der Waals surface area contributed by atoms with E-state index in [4.69, 9.17) is 18.3 Å². The molecule has 0 radical (unpaired) electrons. The summed E-state index contributed by atoms with van der Waals surface area (Å²) in [5.41, 5.74) is -0.539. The van der Waals surface area contributed by atoms with E-state index in [1.165, 1.54) is 24.3 Å². The summed E-state index contributed by atoms with van der Waals surface area (Å²) in [6, 6.07) is 11.7. The van der Waals surface area contributed by atoms with E-state index in [2.05, 4.69) is 9.15 Å². The standard InChI is InChI=1S/C18H8O10/c19-15-23-11-5-3-9-1-2-10-4-6-12(24-16(20)27-15)14(8-10)26-18(22)28-17(21)25-13(11)7-9/h1-8H. The monoisotopic (exact) mass is 384 g/mol. The van der Waals surface area contributed by atoms with Crippen molar-refractivity contribution in [3.05, 3.63) is 69.8 Å². The van der Waals surface area contributed by atoms with Crippen molar-refractivity contribution >= 4 is 34.2 Å². The van der Waals surface area contributed by atoms with Crippen LogP contribution < -0.4 is 21.1 Å². The van der Waals surface area contributed by atoms with E-state index in [0.717, 1.165) is 0 Å². The van der Waals surface area contributed by atoms with Crippen LogP contribution in [-0.2, 0) is 4.74 Å². The molecule has 0 N–H and O–H groups in total. The molecule has 0 atom stereocenters. The highest BCUT2D eigenvalue weighted by atomic mass is 16.8. The van der Waals surface area contributed by atoms with Gasteiger partial charge in [-0.05, 0) is 35.0 Å². The molecule has 4 bridgehead atoms. The van der Waals surface area contributed by atoms with Gasteiger partial charge in [0, 0.05) is 0 Å². The molecule has 3 aromatic rings. The molecule has 0 unspecified atom stereocenters. The van der Waals surface area contributed by atoms with Gasteiger partial charge in [0.25, 0.3) is 0 Å². The SMILES string of the molecule is O=C1OC(=O)Oc2ccc3ccc4ccc(c(c4)oc(=O)oc(=O)oc2c3)O1. The zero-order valence-corrected chi connectivity index (χ0v) is 13.7. The lowest BCUT2D eigenvalue weighted by Crippen LogP contribution is -2.19. The third-order valence-corrected chi connectivity index (χ3v) is 3.51. The Labute approximate surface area is 153 Å². The molecular formula is C18H8O10. The second-order valence-electron chi connectivity index (χ2n) is 5.36. The predicted molar refractivity (Wildman–Crippen MR) is 90.4 cm³/mol. The van der Waals surface area contributed by atoms with Crippen molar-refractivity contribution in [2.45, 2.75) is 0 Å². The van der Waals surface area contributed by atoms with Crippen LogP contribution in [-0.4, -0.2) is 12.3 Å². The lowest BCUT2D eigenvalue weighted by molar-refractivity contribution is 0.0892. The number of rotatable bonds is 0. The van der Waals surface area contributed by atoms with Gasteiger partial charge in [0.1, 0.15) is 0 Å². The van der Waals surface area contributed by atoms with Gasteiger partial charge in [-0.15, -0.1) is 0 Å². The fraction of sp³-hybridized carbons (Fsp3) is 0. The van der Waals surface area contributed by atoms with Crippen molar-refractivity contribution in [1.82, 2.24) is 0 Å². The summed E-state index contributed by atoms with van der Waals surface area (Å²) in [5.74, 6) is -3.41. The second kappa shape index (κ2) is 6.76. The fourth-order valence-corrected chi connectivity index (χ4v) is 2.36. The first-order valence-electron chi connectivity index (χ1n) is 7.65. The van der Waals surface area contributed by atoms with Crippen molar-refractivity contribution in [2.75, 3.05) is 0 Å². The third kappa shape index (κ3) is 3.60. The molecule has 1 aliphatic heterocycles. The van der Waals surface area contributed by atoms with Crippen LogP contribution in [0.1, 0.15) is 0 Å². The number of benzene rings is 2. The van der Waals surface area contributed by atoms with Gasteiger partial charge in [-0.2, -0.15) is 0 Å². The van der Waals surface area contributed by atoms with Crippen LogP contribution in [0.15, 0.2) is 71.4 Å². The summed E-state index contributed by atoms with van der Waals surface area (Å²) >= 11 is 0. The van der Waals surface area contributed by atoms with E-state index in [1.807, 2.05) is 0 Å². The normalized spacial score (nSPS) is 12.9. The zero-order valence-electron chi connectivity index (χ0n) is 13.7. The molecular weight excluding hydrogens is 376 g/mol. The van der Waals surface area contributed by atoms with E-state index in [9.17, 15) is 19.2 Å². The van der Waals surface area contributed by atoms with Crippen molar-refractivity contribution in [2.24, 2.45) is 0 Å². The number of carbonyl (C=O) groups excluding carboxylic acids is 2. The quantitative estimate of drug-likeness (QED) is 0.323. The van der Waals surface area contributed by atoms with Gasteiger partial charge in [-0.25, -0.2) is 19.2 Å². The number of cyclic esters (lactones) is 2. The highest BCUT2D eigenvalue weighted by molar-refractivity contribution is 5.83. The molecule has 2 aromatic carbocycles. The summed E-state index contributed by atoms with van der Waals surface area (Å²) in [6.45, 7) is 0. The fourth-order valence-electron chi connectivity index (χ4n) is 2.36.